The van der Waals surface area contributed by atoms with Crippen molar-refractivity contribution in [2.75, 3.05) is 36.4 Å². The second-order valence-electron chi connectivity index (χ2n) is 7.87. The van der Waals surface area contributed by atoms with Crippen molar-refractivity contribution < 1.29 is 9.59 Å². The zero-order chi connectivity index (χ0) is 22.7. The summed E-state index contributed by atoms with van der Waals surface area (Å²) in [5, 5.41) is 5.49. The van der Waals surface area contributed by atoms with E-state index in [0.29, 0.717) is 48.9 Å². The Morgan fingerprint density at radius 2 is 1.72 bits per heavy atom. The molecule has 0 aliphatic carbocycles. The average molecular weight is 515 g/mol. The zero-order valence-corrected chi connectivity index (χ0v) is 20.2. The number of halogens is 2. The predicted molar refractivity (Wildman–Crippen MR) is 135 cm³/mol. The molecular formula is C25H25BrClN3O2. The number of benzene rings is 3. The Bertz CT molecular complexity index is 1160. The van der Waals surface area contributed by atoms with Crippen LogP contribution in [0.25, 0.3) is 10.8 Å². The fourth-order valence-corrected chi connectivity index (χ4v) is 4.78. The molecule has 32 heavy (non-hydrogen) atoms. The van der Waals surface area contributed by atoms with Gasteiger partial charge in [0.2, 0.25) is 5.91 Å². The van der Waals surface area contributed by atoms with Gasteiger partial charge in [-0.3, -0.25) is 9.59 Å². The van der Waals surface area contributed by atoms with E-state index < -0.39 is 0 Å². The van der Waals surface area contributed by atoms with Crippen LogP contribution < -0.4 is 10.2 Å². The van der Waals surface area contributed by atoms with Crippen LogP contribution in [0.5, 0.6) is 0 Å². The number of hydrogen-bond donors (Lipinski definition) is 1. The van der Waals surface area contributed by atoms with Crippen LogP contribution in [0.15, 0.2) is 59.1 Å². The molecule has 0 aromatic heterocycles. The van der Waals surface area contributed by atoms with Crippen LogP contribution in [0.3, 0.4) is 0 Å². The third-order valence-electron chi connectivity index (χ3n) is 5.76. The first-order valence-electron chi connectivity index (χ1n) is 10.8. The Morgan fingerprint density at radius 1 is 1.00 bits per heavy atom. The summed E-state index contributed by atoms with van der Waals surface area (Å²) in [6, 6.07) is 17.1. The van der Waals surface area contributed by atoms with Crippen LogP contribution in [-0.2, 0) is 4.79 Å². The first-order valence-corrected chi connectivity index (χ1v) is 12.0. The van der Waals surface area contributed by atoms with Gasteiger partial charge in [-0.1, -0.05) is 58.7 Å². The molecule has 166 valence electrons. The summed E-state index contributed by atoms with van der Waals surface area (Å²) >= 11 is 9.83. The summed E-state index contributed by atoms with van der Waals surface area (Å²) in [5.41, 5.74) is 2.18. The van der Waals surface area contributed by atoms with E-state index in [1.807, 2.05) is 60.4 Å². The van der Waals surface area contributed by atoms with Gasteiger partial charge in [0.15, 0.2) is 0 Å². The maximum Gasteiger partial charge on any atom is 0.256 e. The third-order valence-corrected chi connectivity index (χ3v) is 6.68. The molecule has 0 atom stereocenters. The van der Waals surface area contributed by atoms with Gasteiger partial charge >= 0.3 is 0 Å². The molecule has 1 aliphatic rings. The van der Waals surface area contributed by atoms with E-state index in [1.54, 1.807) is 6.07 Å². The number of nitrogens with one attached hydrogen (secondary N) is 1. The van der Waals surface area contributed by atoms with Crippen molar-refractivity contribution >= 4 is 61.5 Å². The lowest BCUT2D eigenvalue weighted by atomic mass is 10.0. The molecule has 2 amide bonds. The van der Waals surface area contributed by atoms with Gasteiger partial charge in [0.1, 0.15) is 0 Å². The molecule has 0 unspecified atom stereocenters. The van der Waals surface area contributed by atoms with Gasteiger partial charge < -0.3 is 15.1 Å². The first-order chi connectivity index (χ1) is 15.5. The highest BCUT2D eigenvalue weighted by atomic mass is 79.9. The fourth-order valence-electron chi connectivity index (χ4n) is 4.11. The van der Waals surface area contributed by atoms with Crippen LogP contribution in [0.1, 0.15) is 30.1 Å². The SMILES string of the molecule is CCCC(=O)N1CCN(c2ccc(Cl)cc2NC(=O)c2cccc3c(Br)cccc23)CC1. The predicted octanol–water partition coefficient (Wildman–Crippen LogP) is 5.96. The van der Waals surface area contributed by atoms with Crippen molar-refractivity contribution in [1.82, 2.24) is 4.90 Å². The largest absolute Gasteiger partial charge is 0.366 e. The molecule has 1 saturated heterocycles. The lowest BCUT2D eigenvalue weighted by molar-refractivity contribution is -0.131. The summed E-state index contributed by atoms with van der Waals surface area (Å²) in [7, 11) is 0. The summed E-state index contributed by atoms with van der Waals surface area (Å²) in [6.45, 7) is 4.78. The van der Waals surface area contributed by atoms with Gasteiger partial charge in [0.05, 0.1) is 11.4 Å². The van der Waals surface area contributed by atoms with Crippen molar-refractivity contribution in [3.63, 3.8) is 0 Å². The number of piperazine rings is 1. The van der Waals surface area contributed by atoms with Crippen LogP contribution in [0, 0.1) is 0 Å². The minimum absolute atomic E-state index is 0.186. The van der Waals surface area contributed by atoms with Crippen molar-refractivity contribution in [3.8, 4) is 0 Å². The van der Waals surface area contributed by atoms with Crippen molar-refractivity contribution in [3.05, 3.63) is 69.7 Å². The number of nitrogens with zero attached hydrogens (tertiary/aromatic N) is 2. The normalized spacial score (nSPS) is 14.0. The molecule has 4 rings (SSSR count). The summed E-state index contributed by atoms with van der Waals surface area (Å²) in [5.74, 6) is 0.0212. The number of fused-ring (bicyclic) bond motifs is 1. The maximum absolute atomic E-state index is 13.3. The van der Waals surface area contributed by atoms with E-state index in [-0.39, 0.29) is 11.8 Å². The molecule has 1 aliphatic heterocycles. The molecule has 3 aromatic carbocycles. The number of hydrogen-bond acceptors (Lipinski definition) is 3. The molecule has 0 saturated carbocycles. The summed E-state index contributed by atoms with van der Waals surface area (Å²) in [4.78, 5) is 29.6. The molecule has 0 bridgehead atoms. The Labute approximate surface area is 201 Å². The van der Waals surface area contributed by atoms with Crippen LogP contribution >= 0.6 is 27.5 Å². The van der Waals surface area contributed by atoms with E-state index in [9.17, 15) is 9.59 Å². The topological polar surface area (TPSA) is 52.7 Å². The number of anilines is 2. The highest BCUT2D eigenvalue weighted by Gasteiger charge is 2.23. The van der Waals surface area contributed by atoms with Crippen molar-refractivity contribution in [2.24, 2.45) is 0 Å². The number of rotatable bonds is 5. The highest BCUT2D eigenvalue weighted by Crippen LogP contribution is 2.32. The fraction of sp³-hybridized carbons (Fsp3) is 0.280. The lowest BCUT2D eigenvalue weighted by Gasteiger charge is -2.37. The molecule has 5 nitrogen and oxygen atoms in total. The Balaban J connectivity index is 1.57. The van der Waals surface area contributed by atoms with Gasteiger partial charge in [0, 0.05) is 47.7 Å². The molecular weight excluding hydrogens is 490 g/mol. The highest BCUT2D eigenvalue weighted by molar-refractivity contribution is 9.10. The lowest BCUT2D eigenvalue weighted by Crippen LogP contribution is -2.48. The van der Waals surface area contributed by atoms with Gasteiger partial charge in [0.25, 0.3) is 5.91 Å². The van der Waals surface area contributed by atoms with Gasteiger partial charge in [-0.15, -0.1) is 0 Å². The quantitative estimate of drug-likeness (QED) is 0.457. The smallest absolute Gasteiger partial charge is 0.256 e. The standard InChI is InChI=1S/C25H25BrClN3O2/c1-2-5-24(31)30-14-12-29(13-15-30)23-11-10-17(27)16-22(23)28-25(32)20-8-3-7-19-18(20)6-4-9-21(19)26/h3-4,6-11,16H,2,5,12-15H2,1H3,(H,28,32). The molecule has 0 spiro atoms. The van der Waals surface area contributed by atoms with E-state index in [1.165, 1.54) is 0 Å². The van der Waals surface area contributed by atoms with E-state index in [4.69, 9.17) is 11.6 Å². The molecule has 0 radical (unpaired) electrons. The van der Waals surface area contributed by atoms with Crippen LogP contribution in [-0.4, -0.2) is 42.9 Å². The average Bonchev–Trinajstić information content (AvgIpc) is 2.79. The van der Waals surface area contributed by atoms with E-state index in [0.717, 1.165) is 27.4 Å². The van der Waals surface area contributed by atoms with Crippen LogP contribution in [0.4, 0.5) is 11.4 Å². The molecule has 3 aromatic rings. The van der Waals surface area contributed by atoms with E-state index >= 15 is 0 Å². The van der Waals surface area contributed by atoms with Gasteiger partial charge in [-0.2, -0.15) is 0 Å². The Morgan fingerprint density at radius 3 is 2.47 bits per heavy atom. The Hall–Kier alpha value is -2.57. The van der Waals surface area contributed by atoms with E-state index in [2.05, 4.69) is 26.1 Å². The number of carbonyl (C=O) groups excluding carboxylic acids is 2. The second kappa shape index (κ2) is 9.92. The third kappa shape index (κ3) is 4.76. The summed E-state index contributed by atoms with van der Waals surface area (Å²) in [6.07, 6.45) is 1.44. The summed E-state index contributed by atoms with van der Waals surface area (Å²) < 4.78 is 0.948. The van der Waals surface area contributed by atoms with Gasteiger partial charge in [-0.05, 0) is 47.5 Å². The van der Waals surface area contributed by atoms with Crippen molar-refractivity contribution in [1.29, 1.82) is 0 Å². The zero-order valence-electron chi connectivity index (χ0n) is 17.9. The molecule has 7 heteroatoms. The number of carbonyl (C=O) groups is 2. The molecule has 1 fully saturated rings. The molecule has 1 heterocycles. The monoisotopic (exact) mass is 513 g/mol. The minimum atomic E-state index is -0.186. The number of amides is 2. The minimum Gasteiger partial charge on any atom is -0.366 e. The molecule has 1 N–H and O–H groups in total. The second-order valence-corrected chi connectivity index (χ2v) is 9.16. The first kappa shape index (κ1) is 22.6. The van der Waals surface area contributed by atoms with Crippen molar-refractivity contribution in [2.45, 2.75) is 19.8 Å². The van der Waals surface area contributed by atoms with Gasteiger partial charge in [-0.25, -0.2) is 0 Å². The van der Waals surface area contributed by atoms with Crippen LogP contribution in [0.2, 0.25) is 5.02 Å². The Kier molecular flexibility index (Phi) is 7.01. The maximum atomic E-state index is 13.3.